The summed E-state index contributed by atoms with van der Waals surface area (Å²) in [6.45, 7) is 12.1. The number of carbonyl (C=O) groups is 2. The largest absolute Gasteiger partial charge is 0.486 e. The van der Waals surface area contributed by atoms with Crippen molar-refractivity contribution in [1.29, 1.82) is 0 Å². The Morgan fingerprint density at radius 2 is 1.27 bits per heavy atom. The first-order chi connectivity index (χ1) is 34.8. The highest BCUT2D eigenvalue weighted by Gasteiger charge is 2.60. The average Bonchev–Trinajstić information content (AvgIpc) is 3.71. The first kappa shape index (κ1) is 53.8. The van der Waals surface area contributed by atoms with Crippen LogP contribution in [-0.4, -0.2) is 32.0 Å². The maximum absolute atomic E-state index is 12.9. The number of nitrogens with zero attached hydrogens (tertiary/aromatic N) is 2. The molecule has 0 bridgehead atoms. The zero-order valence-electron chi connectivity index (χ0n) is 42.7. The van der Waals surface area contributed by atoms with Crippen LogP contribution in [0.25, 0.3) is 5.57 Å². The Morgan fingerprint density at radius 1 is 0.726 bits per heavy atom. The van der Waals surface area contributed by atoms with Crippen molar-refractivity contribution in [1.82, 2.24) is 0 Å². The number of hydrogen-bond donors (Lipinski definition) is 2. The van der Waals surface area contributed by atoms with Crippen LogP contribution < -0.4 is 9.47 Å². The van der Waals surface area contributed by atoms with Crippen LogP contribution in [0.1, 0.15) is 167 Å². The Kier molecular flexibility index (Phi) is 16.6. The molecule has 0 radical (unpaired) electrons. The van der Waals surface area contributed by atoms with Gasteiger partial charge in [-0.1, -0.05) is 107 Å². The first-order valence-electron chi connectivity index (χ1n) is 26.3. The van der Waals surface area contributed by atoms with E-state index in [0.717, 1.165) is 54.8 Å². The first-order valence-corrected chi connectivity index (χ1v) is 27.1. The molecule has 0 amide bonds. The molecular weight excluding hydrogens is 968 g/mol. The van der Waals surface area contributed by atoms with Crippen molar-refractivity contribution in [3.63, 3.8) is 0 Å². The molecule has 5 unspecified atom stereocenters. The second kappa shape index (κ2) is 22.6. The fourth-order valence-electron chi connectivity index (χ4n) is 14.4. The molecule has 4 aromatic rings. The summed E-state index contributed by atoms with van der Waals surface area (Å²) in [5, 5.41) is 43.9. The van der Waals surface area contributed by atoms with Crippen LogP contribution in [0.5, 0.6) is 11.5 Å². The van der Waals surface area contributed by atoms with Gasteiger partial charge in [-0.2, -0.15) is 0 Å². The molecule has 14 heteroatoms. The number of fused-ring (bicyclic) bond motifs is 5. The van der Waals surface area contributed by atoms with E-state index in [2.05, 4.69) is 34.6 Å². The van der Waals surface area contributed by atoms with E-state index in [1.54, 1.807) is 24.3 Å². The molecule has 0 saturated heterocycles. The number of carboxylic acids is 2. The van der Waals surface area contributed by atoms with Crippen LogP contribution >= 0.6 is 23.2 Å². The molecule has 4 aliphatic rings. The van der Waals surface area contributed by atoms with Gasteiger partial charge in [0, 0.05) is 24.3 Å². The number of benzene rings is 4. The summed E-state index contributed by atoms with van der Waals surface area (Å²) in [4.78, 5) is 47.7. The molecule has 8 rings (SSSR count). The number of nitro groups is 2. The number of ether oxygens (including phenoxy) is 2. The highest BCUT2D eigenvalue weighted by molar-refractivity contribution is 6.33. The van der Waals surface area contributed by atoms with Crippen molar-refractivity contribution in [3.8, 4) is 11.5 Å². The molecule has 0 aromatic heterocycles. The number of allylic oxidation sites excluding steroid dienone is 1. The Balaban J connectivity index is 1.04. The van der Waals surface area contributed by atoms with Crippen molar-refractivity contribution >= 4 is 52.1 Å². The third-order valence-corrected chi connectivity index (χ3v) is 18.6. The van der Waals surface area contributed by atoms with E-state index in [1.165, 1.54) is 113 Å². The van der Waals surface area contributed by atoms with E-state index in [0.29, 0.717) is 56.9 Å². The lowest BCUT2D eigenvalue weighted by Crippen LogP contribution is -2.53. The average molecular weight is 1040 g/mol. The van der Waals surface area contributed by atoms with Crippen molar-refractivity contribution < 1.29 is 39.1 Å². The fraction of sp³-hybridized carbons (Fsp3) is 0.525. The van der Waals surface area contributed by atoms with E-state index in [1.807, 2.05) is 6.08 Å². The van der Waals surface area contributed by atoms with Crippen molar-refractivity contribution in [2.45, 2.75) is 138 Å². The van der Waals surface area contributed by atoms with Gasteiger partial charge < -0.3 is 19.7 Å². The van der Waals surface area contributed by atoms with Crippen molar-refractivity contribution in [2.75, 3.05) is 0 Å². The predicted molar refractivity (Wildman–Crippen MR) is 285 cm³/mol. The summed E-state index contributed by atoms with van der Waals surface area (Å²) in [6.07, 6.45) is 19.1. The predicted octanol–water partition coefficient (Wildman–Crippen LogP) is 16.3. The number of rotatable bonds is 20. The van der Waals surface area contributed by atoms with Crippen LogP contribution in [0.4, 0.5) is 11.4 Å². The molecule has 4 fully saturated rings. The lowest BCUT2D eigenvalue weighted by molar-refractivity contribution is -0.385. The number of nitro benzene ring substituents is 2. The Hall–Kier alpha value is -5.46. The SMILES string of the molecule is CC(C)CCCC(C)[C@H]1CCC2C3CCC4C[C@@H](CCC=C(c5cc(Cl)c(OCc6cccc([N+](=O)[O-])c6)c(C(=O)O)c5)c5cc(Cl)c(OCc6cccc([N+](=O)[O-])c6)c(C(=O)O)c5)CC[C@]4(C)C3CC[C@@]21C. The molecule has 4 aliphatic carbocycles. The summed E-state index contributed by atoms with van der Waals surface area (Å²) >= 11 is 13.8. The lowest BCUT2D eigenvalue weighted by Gasteiger charge is -2.61. The van der Waals surface area contributed by atoms with Gasteiger partial charge in [0.1, 0.15) is 24.3 Å². The van der Waals surface area contributed by atoms with Gasteiger partial charge in [0.2, 0.25) is 0 Å². The van der Waals surface area contributed by atoms with Gasteiger partial charge in [0.15, 0.2) is 11.5 Å². The topological polar surface area (TPSA) is 179 Å². The number of non-ortho nitro benzene ring substituents is 2. The summed E-state index contributed by atoms with van der Waals surface area (Å²) in [6, 6.07) is 17.7. The molecule has 73 heavy (non-hydrogen) atoms. The number of carboxylic acid groups (broad SMARTS) is 2. The molecule has 0 spiro atoms. The van der Waals surface area contributed by atoms with E-state index >= 15 is 0 Å². The Labute approximate surface area is 439 Å². The smallest absolute Gasteiger partial charge is 0.339 e. The third-order valence-electron chi connectivity index (χ3n) is 18.1. The molecular formula is C59H70Cl2N2O10. The van der Waals surface area contributed by atoms with Gasteiger partial charge in [-0.05, 0) is 181 Å². The summed E-state index contributed by atoms with van der Waals surface area (Å²) < 4.78 is 11.9. The third kappa shape index (κ3) is 11.6. The number of hydrogen-bond acceptors (Lipinski definition) is 8. The van der Waals surface area contributed by atoms with Crippen LogP contribution in [-0.2, 0) is 13.2 Å². The van der Waals surface area contributed by atoms with Crippen LogP contribution in [0.3, 0.4) is 0 Å². The maximum atomic E-state index is 12.9. The minimum atomic E-state index is -1.33. The molecule has 0 heterocycles. The van der Waals surface area contributed by atoms with Gasteiger partial charge in [-0.15, -0.1) is 0 Å². The van der Waals surface area contributed by atoms with Gasteiger partial charge in [0.25, 0.3) is 11.4 Å². The summed E-state index contributed by atoms with van der Waals surface area (Å²) in [5.74, 6) is 3.03. The van der Waals surface area contributed by atoms with Gasteiger partial charge in [-0.25, -0.2) is 9.59 Å². The van der Waals surface area contributed by atoms with Crippen LogP contribution in [0.15, 0.2) is 78.9 Å². The maximum Gasteiger partial charge on any atom is 0.339 e. The van der Waals surface area contributed by atoms with Crippen molar-refractivity contribution in [3.05, 3.63) is 143 Å². The monoisotopic (exact) mass is 1040 g/mol. The fourth-order valence-corrected chi connectivity index (χ4v) is 15.0. The highest BCUT2D eigenvalue weighted by Crippen LogP contribution is 2.69. The zero-order chi connectivity index (χ0) is 52.4. The minimum absolute atomic E-state index is 0.0258. The Morgan fingerprint density at radius 3 is 1.81 bits per heavy atom. The quantitative estimate of drug-likeness (QED) is 0.0639. The molecule has 4 aromatic carbocycles. The summed E-state index contributed by atoms with van der Waals surface area (Å²) in [5.41, 5.74) is 2.16. The number of aromatic carboxylic acids is 2. The number of halogens is 2. The zero-order valence-corrected chi connectivity index (χ0v) is 44.3. The van der Waals surface area contributed by atoms with Gasteiger partial charge in [0.05, 0.1) is 19.9 Å². The molecule has 12 nitrogen and oxygen atoms in total. The molecule has 9 atom stereocenters. The van der Waals surface area contributed by atoms with Gasteiger partial charge >= 0.3 is 11.9 Å². The van der Waals surface area contributed by atoms with Crippen molar-refractivity contribution in [2.24, 2.45) is 58.2 Å². The molecule has 2 N–H and O–H groups in total. The van der Waals surface area contributed by atoms with E-state index < -0.39 is 21.8 Å². The highest BCUT2D eigenvalue weighted by atomic mass is 35.5. The van der Waals surface area contributed by atoms with Crippen LogP contribution in [0, 0.1) is 78.4 Å². The standard InChI is InChI=1S/C59H70Cl2N2O10/c1-35(2)10-6-11-36(3)49-20-21-50-46-19-18-42-26-37(22-24-58(42,4)51(46)23-25-59(49,50)5)12-9-17-45(40-29-47(56(64)65)54(52(60)31-40)72-33-38-13-7-15-43(27-38)62(68)69)41-30-48(57(66)67)55(53(61)32-41)73-34-39-14-8-16-44(28-39)63(70)71/h7-8,13-17,27-32,35-37,42,46,49-51H,6,9-12,18-26,33-34H2,1-5H3,(H,64,65)(H,66,67)/t36?,37-,42?,46?,49+,50?,51?,58-,59+/m0/s1. The normalized spacial score (nSPS) is 25.7. The van der Waals surface area contributed by atoms with Gasteiger partial charge in [-0.3, -0.25) is 20.2 Å². The Bertz CT molecular complexity index is 2630. The second-order valence-corrected chi connectivity index (χ2v) is 23.5. The van der Waals surface area contributed by atoms with E-state index in [-0.39, 0.29) is 57.3 Å². The van der Waals surface area contributed by atoms with E-state index in [9.17, 15) is 40.0 Å². The van der Waals surface area contributed by atoms with E-state index in [4.69, 9.17) is 32.7 Å². The lowest BCUT2D eigenvalue weighted by atomic mass is 9.44. The molecule has 4 saturated carbocycles. The molecule has 0 aliphatic heterocycles. The van der Waals surface area contributed by atoms with Crippen LogP contribution in [0.2, 0.25) is 10.0 Å². The minimum Gasteiger partial charge on any atom is -0.486 e. The summed E-state index contributed by atoms with van der Waals surface area (Å²) in [7, 11) is 0. The second-order valence-electron chi connectivity index (χ2n) is 22.7. The molecule has 390 valence electrons.